The molecule has 12 heteroatoms. The summed E-state index contributed by atoms with van der Waals surface area (Å²) in [6.07, 6.45) is -3.80. The van der Waals surface area contributed by atoms with Gasteiger partial charge < -0.3 is 25.0 Å². The predicted octanol–water partition coefficient (Wildman–Crippen LogP) is 3.16. The molecule has 34 heavy (non-hydrogen) atoms. The number of carboxylic acid groups (broad SMARTS) is 1. The minimum Gasteiger partial charge on any atom is -0.475 e. The zero-order chi connectivity index (χ0) is 25.7. The molecular weight excluding hydrogens is 523 g/mol. The maximum atomic E-state index is 12.9. The number of carbonyl (C=O) groups is 3. The highest BCUT2D eigenvalue weighted by molar-refractivity contribution is 9.10. The van der Waals surface area contributed by atoms with Crippen LogP contribution in [0.4, 0.5) is 13.2 Å². The Bertz CT molecular complexity index is 785. The van der Waals surface area contributed by atoms with E-state index in [1.807, 2.05) is 43.0 Å². The number of carbonyl (C=O) groups excluding carboxylic acids is 2. The number of carboxylic acids is 1. The van der Waals surface area contributed by atoms with E-state index >= 15 is 0 Å². The van der Waals surface area contributed by atoms with Crippen LogP contribution < -0.4 is 5.32 Å². The van der Waals surface area contributed by atoms with Gasteiger partial charge in [0.15, 0.2) is 0 Å². The van der Waals surface area contributed by atoms with Crippen molar-refractivity contribution in [3.8, 4) is 0 Å². The molecule has 1 fully saturated rings. The van der Waals surface area contributed by atoms with Crippen molar-refractivity contribution in [1.82, 2.24) is 15.1 Å². The van der Waals surface area contributed by atoms with Crippen molar-refractivity contribution in [1.29, 1.82) is 0 Å². The van der Waals surface area contributed by atoms with Gasteiger partial charge in [0.2, 0.25) is 5.91 Å². The molecule has 1 aliphatic rings. The first-order valence-corrected chi connectivity index (χ1v) is 11.7. The summed E-state index contributed by atoms with van der Waals surface area (Å²) in [6, 6.07) is 7.34. The van der Waals surface area contributed by atoms with Crippen molar-refractivity contribution >= 4 is 33.7 Å². The number of rotatable bonds is 9. The molecule has 0 aromatic heterocycles. The number of aliphatic carboxylic acids is 1. The van der Waals surface area contributed by atoms with E-state index in [4.69, 9.17) is 14.6 Å². The van der Waals surface area contributed by atoms with E-state index < -0.39 is 12.1 Å². The molecular formula is C22H31BrF3N3O5. The Morgan fingerprint density at radius 2 is 1.71 bits per heavy atom. The number of amides is 2. The molecule has 2 rings (SSSR count). The highest BCUT2D eigenvalue weighted by Gasteiger charge is 2.38. The largest absolute Gasteiger partial charge is 0.490 e. The van der Waals surface area contributed by atoms with Gasteiger partial charge in [-0.25, -0.2) is 4.79 Å². The van der Waals surface area contributed by atoms with Crippen molar-refractivity contribution in [2.45, 2.75) is 39.0 Å². The van der Waals surface area contributed by atoms with E-state index in [1.54, 1.807) is 4.90 Å². The summed E-state index contributed by atoms with van der Waals surface area (Å²) in [5.74, 6) is -2.68. The summed E-state index contributed by atoms with van der Waals surface area (Å²) in [7, 11) is 0. The Morgan fingerprint density at radius 3 is 2.21 bits per heavy atom. The lowest BCUT2D eigenvalue weighted by molar-refractivity contribution is -0.192. The summed E-state index contributed by atoms with van der Waals surface area (Å²) < 4.78 is 38.3. The van der Waals surface area contributed by atoms with E-state index in [0.29, 0.717) is 31.7 Å². The molecule has 0 bridgehead atoms. The molecule has 2 N–H and O–H groups in total. The SMILES string of the molecule is CC(C)OCCCN(CCC(=O)N1CCNCC1)C(=O)c1ccc(Br)cc1.O=C(O)C(F)(F)F. The number of alkyl halides is 3. The van der Waals surface area contributed by atoms with Crippen LogP contribution in [-0.4, -0.2) is 90.8 Å². The van der Waals surface area contributed by atoms with Crippen LogP contribution in [-0.2, 0) is 14.3 Å². The fourth-order valence-electron chi connectivity index (χ4n) is 2.97. The molecule has 2 amide bonds. The first-order valence-electron chi connectivity index (χ1n) is 10.9. The lowest BCUT2D eigenvalue weighted by Crippen LogP contribution is -2.47. The molecule has 0 saturated carbocycles. The second-order valence-corrected chi connectivity index (χ2v) is 8.67. The summed E-state index contributed by atoms with van der Waals surface area (Å²) in [5.41, 5.74) is 0.637. The fourth-order valence-corrected chi connectivity index (χ4v) is 3.23. The minimum absolute atomic E-state index is 0.0415. The van der Waals surface area contributed by atoms with E-state index in [0.717, 1.165) is 37.1 Å². The Hall–Kier alpha value is -2.18. The predicted molar refractivity (Wildman–Crippen MR) is 124 cm³/mol. The van der Waals surface area contributed by atoms with Crippen LogP contribution >= 0.6 is 15.9 Å². The van der Waals surface area contributed by atoms with E-state index in [9.17, 15) is 22.8 Å². The minimum atomic E-state index is -5.08. The third kappa shape index (κ3) is 11.8. The first kappa shape index (κ1) is 29.9. The number of hydrogen-bond donors (Lipinski definition) is 2. The molecule has 1 aromatic carbocycles. The van der Waals surface area contributed by atoms with E-state index in [-0.39, 0.29) is 17.9 Å². The maximum Gasteiger partial charge on any atom is 0.490 e. The van der Waals surface area contributed by atoms with Gasteiger partial charge in [-0.15, -0.1) is 0 Å². The van der Waals surface area contributed by atoms with E-state index in [1.165, 1.54) is 0 Å². The normalized spacial score (nSPS) is 13.8. The number of hydrogen-bond acceptors (Lipinski definition) is 5. The average molecular weight is 554 g/mol. The van der Waals surface area contributed by atoms with Crippen LogP contribution in [0.5, 0.6) is 0 Å². The first-order chi connectivity index (χ1) is 15.9. The van der Waals surface area contributed by atoms with Crippen LogP contribution in [0.3, 0.4) is 0 Å². The van der Waals surface area contributed by atoms with Gasteiger partial charge in [0.1, 0.15) is 0 Å². The van der Waals surface area contributed by atoms with Gasteiger partial charge in [0.25, 0.3) is 5.91 Å². The quantitative estimate of drug-likeness (QED) is 0.456. The molecule has 1 heterocycles. The lowest BCUT2D eigenvalue weighted by Gasteiger charge is -2.29. The van der Waals surface area contributed by atoms with Gasteiger partial charge in [-0.3, -0.25) is 9.59 Å². The average Bonchev–Trinajstić information content (AvgIpc) is 2.78. The lowest BCUT2D eigenvalue weighted by atomic mass is 10.2. The summed E-state index contributed by atoms with van der Waals surface area (Å²) in [5, 5.41) is 10.4. The van der Waals surface area contributed by atoms with Crippen molar-refractivity contribution in [3.63, 3.8) is 0 Å². The molecule has 1 saturated heterocycles. The topological polar surface area (TPSA) is 99.2 Å². The number of piperazine rings is 1. The molecule has 0 radical (unpaired) electrons. The van der Waals surface area contributed by atoms with Crippen molar-refractivity contribution in [3.05, 3.63) is 34.3 Å². The zero-order valence-corrected chi connectivity index (χ0v) is 20.8. The molecule has 0 atom stereocenters. The van der Waals surface area contributed by atoms with Crippen LogP contribution in [0, 0.1) is 0 Å². The second-order valence-electron chi connectivity index (χ2n) is 7.76. The van der Waals surface area contributed by atoms with Gasteiger partial charge in [-0.05, 0) is 44.5 Å². The van der Waals surface area contributed by atoms with E-state index in [2.05, 4.69) is 21.2 Å². The number of halogens is 4. The van der Waals surface area contributed by atoms with Crippen LogP contribution in [0.15, 0.2) is 28.7 Å². The number of benzene rings is 1. The Labute approximate surface area is 205 Å². The van der Waals surface area contributed by atoms with Crippen LogP contribution in [0.2, 0.25) is 0 Å². The summed E-state index contributed by atoms with van der Waals surface area (Å²) >= 11 is 3.39. The summed E-state index contributed by atoms with van der Waals surface area (Å²) in [4.78, 5) is 37.9. The van der Waals surface area contributed by atoms with Gasteiger partial charge in [0.05, 0.1) is 6.10 Å². The number of nitrogens with one attached hydrogen (secondary N) is 1. The Morgan fingerprint density at radius 1 is 1.15 bits per heavy atom. The highest BCUT2D eigenvalue weighted by Crippen LogP contribution is 2.14. The zero-order valence-electron chi connectivity index (χ0n) is 19.2. The number of ether oxygens (including phenoxy) is 1. The molecule has 0 aliphatic carbocycles. The molecule has 0 spiro atoms. The van der Waals surface area contributed by atoms with Crippen molar-refractivity contribution in [2.24, 2.45) is 0 Å². The van der Waals surface area contributed by atoms with Gasteiger partial charge >= 0.3 is 12.1 Å². The van der Waals surface area contributed by atoms with Gasteiger partial charge in [0, 0.05) is 62.3 Å². The highest BCUT2D eigenvalue weighted by atomic mass is 79.9. The Balaban J connectivity index is 0.000000718. The van der Waals surface area contributed by atoms with Crippen molar-refractivity contribution in [2.75, 3.05) is 45.9 Å². The molecule has 1 aromatic rings. The van der Waals surface area contributed by atoms with Crippen LogP contribution in [0.1, 0.15) is 37.0 Å². The van der Waals surface area contributed by atoms with Gasteiger partial charge in [-0.2, -0.15) is 13.2 Å². The van der Waals surface area contributed by atoms with Crippen molar-refractivity contribution < 1.29 is 37.4 Å². The Kier molecular flexibility index (Phi) is 13.1. The standard InChI is InChI=1S/C20H30BrN3O3.C2HF3O2/c1-16(2)27-15-3-11-24(20(26)17-4-6-18(21)7-5-17)12-8-19(25)23-13-9-22-10-14-23;3-2(4,5)1(6)7/h4-7,16,22H,3,8-15H2,1-2H3;(H,6,7). The third-order valence-electron chi connectivity index (χ3n) is 4.71. The number of nitrogens with zero attached hydrogens (tertiary/aromatic N) is 2. The molecule has 1 aliphatic heterocycles. The molecule has 8 nitrogen and oxygen atoms in total. The third-order valence-corrected chi connectivity index (χ3v) is 5.24. The summed E-state index contributed by atoms with van der Waals surface area (Å²) in [6.45, 7) is 8.75. The molecule has 0 unspecified atom stereocenters. The fraction of sp³-hybridized carbons (Fsp3) is 0.591. The molecule has 192 valence electrons. The van der Waals surface area contributed by atoms with Crippen LogP contribution in [0.25, 0.3) is 0 Å². The second kappa shape index (κ2) is 14.9. The maximum absolute atomic E-state index is 12.9. The van der Waals surface area contributed by atoms with Gasteiger partial charge in [-0.1, -0.05) is 15.9 Å². The smallest absolute Gasteiger partial charge is 0.475 e. The monoisotopic (exact) mass is 553 g/mol.